The second kappa shape index (κ2) is 6.57. The molecule has 0 saturated carbocycles. The van der Waals surface area contributed by atoms with E-state index in [1.54, 1.807) is 6.33 Å². The van der Waals surface area contributed by atoms with Gasteiger partial charge in [0.05, 0.1) is 17.6 Å². The van der Waals surface area contributed by atoms with Gasteiger partial charge < -0.3 is 10.0 Å². The Morgan fingerprint density at radius 1 is 1.19 bits per heavy atom. The molecular weight excluding hydrogens is 326 g/mol. The lowest BCUT2D eigenvalue weighted by molar-refractivity contribution is 0.0358. The highest BCUT2D eigenvalue weighted by Gasteiger charge is 2.32. The number of aliphatic hydroxyl groups excluding tert-OH is 1. The summed E-state index contributed by atoms with van der Waals surface area (Å²) >= 11 is 0. The van der Waals surface area contributed by atoms with Crippen molar-refractivity contribution in [2.45, 2.75) is 19.8 Å². The maximum absolute atomic E-state index is 12.8. The summed E-state index contributed by atoms with van der Waals surface area (Å²) in [6.07, 6.45) is 3.70. The summed E-state index contributed by atoms with van der Waals surface area (Å²) in [4.78, 5) is 19.1. The summed E-state index contributed by atoms with van der Waals surface area (Å²) in [6.45, 7) is 3.52. The van der Waals surface area contributed by atoms with Crippen LogP contribution in [0, 0.1) is 5.41 Å². The molecule has 4 rings (SSSR count). The molecule has 2 aromatic carbocycles. The van der Waals surface area contributed by atoms with Crippen LogP contribution in [0.4, 0.5) is 0 Å². The van der Waals surface area contributed by atoms with Crippen molar-refractivity contribution in [3.8, 4) is 5.69 Å². The summed E-state index contributed by atoms with van der Waals surface area (Å²) in [6, 6.07) is 15.6. The lowest BCUT2D eigenvalue weighted by Gasteiger charge is -2.39. The molecule has 1 aliphatic heterocycles. The van der Waals surface area contributed by atoms with Crippen LogP contribution < -0.4 is 0 Å². The van der Waals surface area contributed by atoms with Crippen molar-refractivity contribution in [3.05, 3.63) is 60.4 Å². The third-order valence-corrected chi connectivity index (χ3v) is 5.30. The molecule has 1 amide bonds. The number of aliphatic hydroxyl groups is 1. The van der Waals surface area contributed by atoms with Crippen LogP contribution in [0.25, 0.3) is 16.7 Å². The Balaban J connectivity index is 1.57. The number of fused-ring (bicyclic) bond motifs is 1. The van der Waals surface area contributed by atoms with Gasteiger partial charge in [-0.05, 0) is 49.2 Å². The molecule has 5 heteroatoms. The van der Waals surface area contributed by atoms with Gasteiger partial charge >= 0.3 is 0 Å². The molecule has 1 unspecified atom stereocenters. The van der Waals surface area contributed by atoms with Crippen LogP contribution in [0.5, 0.6) is 0 Å². The molecular formula is C21H23N3O2. The van der Waals surface area contributed by atoms with Crippen molar-refractivity contribution in [1.82, 2.24) is 14.5 Å². The number of carbonyl (C=O) groups excluding carboxylic acids is 1. The number of hydrogen-bond donors (Lipinski definition) is 1. The summed E-state index contributed by atoms with van der Waals surface area (Å²) in [5, 5.41) is 9.60. The molecule has 0 aliphatic carbocycles. The number of carbonyl (C=O) groups is 1. The van der Waals surface area contributed by atoms with Gasteiger partial charge in [0.15, 0.2) is 0 Å². The first-order chi connectivity index (χ1) is 12.6. The van der Waals surface area contributed by atoms with Gasteiger partial charge in [0.25, 0.3) is 5.91 Å². The van der Waals surface area contributed by atoms with Gasteiger partial charge in [-0.1, -0.05) is 19.1 Å². The number of amides is 1. The standard InChI is InChI=1S/C21H23N3O2/c1-21(14-25)11-4-12-23(13-21)20(26)16-7-9-17(10-8-16)24-15-22-18-5-2-3-6-19(18)24/h2-3,5-10,15,25H,4,11-14H2,1H3. The SMILES string of the molecule is CC1(CO)CCCN(C(=O)c2ccc(-n3cnc4ccccc43)cc2)C1. The first-order valence-electron chi connectivity index (χ1n) is 9.02. The highest BCUT2D eigenvalue weighted by Crippen LogP contribution is 2.29. The fourth-order valence-electron chi connectivity index (χ4n) is 3.73. The second-order valence-electron chi connectivity index (χ2n) is 7.45. The number of piperidine rings is 1. The average Bonchev–Trinajstić information content (AvgIpc) is 3.12. The van der Waals surface area contributed by atoms with E-state index in [-0.39, 0.29) is 17.9 Å². The van der Waals surface area contributed by atoms with Crippen LogP contribution >= 0.6 is 0 Å². The minimum absolute atomic E-state index is 0.0337. The number of rotatable bonds is 3. The zero-order valence-corrected chi connectivity index (χ0v) is 14.9. The second-order valence-corrected chi connectivity index (χ2v) is 7.45. The molecule has 1 atom stereocenters. The molecule has 1 aromatic heterocycles. The van der Waals surface area contributed by atoms with E-state index in [2.05, 4.69) is 4.98 Å². The smallest absolute Gasteiger partial charge is 0.253 e. The molecule has 0 bridgehead atoms. The number of nitrogens with zero attached hydrogens (tertiary/aromatic N) is 3. The van der Waals surface area contributed by atoms with E-state index in [4.69, 9.17) is 0 Å². The molecule has 1 aliphatic rings. The Morgan fingerprint density at radius 3 is 2.73 bits per heavy atom. The topological polar surface area (TPSA) is 58.4 Å². The van der Waals surface area contributed by atoms with Crippen molar-refractivity contribution in [1.29, 1.82) is 0 Å². The van der Waals surface area contributed by atoms with Crippen LogP contribution in [0.2, 0.25) is 0 Å². The third kappa shape index (κ3) is 2.99. The lowest BCUT2D eigenvalue weighted by Crippen LogP contribution is -2.46. The normalized spacial score (nSPS) is 20.5. The van der Waals surface area contributed by atoms with Gasteiger partial charge in [0.1, 0.15) is 6.33 Å². The highest BCUT2D eigenvalue weighted by atomic mass is 16.3. The van der Waals surface area contributed by atoms with Gasteiger partial charge in [-0.25, -0.2) is 4.98 Å². The monoisotopic (exact) mass is 349 g/mol. The average molecular weight is 349 g/mol. The molecule has 2 heterocycles. The number of benzene rings is 2. The zero-order chi connectivity index (χ0) is 18.1. The third-order valence-electron chi connectivity index (χ3n) is 5.30. The quantitative estimate of drug-likeness (QED) is 0.790. The molecule has 0 spiro atoms. The number of aromatic nitrogens is 2. The Hall–Kier alpha value is -2.66. The van der Waals surface area contributed by atoms with Gasteiger partial charge in [-0.3, -0.25) is 9.36 Å². The van der Waals surface area contributed by atoms with Crippen LogP contribution in [0.15, 0.2) is 54.9 Å². The zero-order valence-electron chi connectivity index (χ0n) is 14.9. The molecule has 1 N–H and O–H groups in total. The Kier molecular flexibility index (Phi) is 4.24. The molecule has 1 saturated heterocycles. The minimum Gasteiger partial charge on any atom is -0.396 e. The maximum Gasteiger partial charge on any atom is 0.253 e. The van der Waals surface area contributed by atoms with E-state index >= 15 is 0 Å². The predicted molar refractivity (Wildman–Crippen MR) is 101 cm³/mol. The fraction of sp³-hybridized carbons (Fsp3) is 0.333. The molecule has 3 aromatic rings. The van der Waals surface area contributed by atoms with Crippen LogP contribution in [-0.2, 0) is 0 Å². The van der Waals surface area contributed by atoms with Crippen LogP contribution in [0.1, 0.15) is 30.1 Å². The summed E-state index contributed by atoms with van der Waals surface area (Å²) in [5.41, 5.74) is 3.46. The van der Waals surface area contributed by atoms with Gasteiger partial charge in [0.2, 0.25) is 0 Å². The van der Waals surface area contributed by atoms with Crippen molar-refractivity contribution in [3.63, 3.8) is 0 Å². The Morgan fingerprint density at radius 2 is 1.96 bits per heavy atom. The van der Waals surface area contributed by atoms with E-state index in [0.29, 0.717) is 12.1 Å². The van der Waals surface area contributed by atoms with Crippen LogP contribution in [0.3, 0.4) is 0 Å². The number of imidazole rings is 1. The van der Waals surface area contributed by atoms with Gasteiger partial charge in [0, 0.05) is 29.8 Å². The molecule has 0 radical (unpaired) electrons. The molecule has 1 fully saturated rings. The van der Waals surface area contributed by atoms with Crippen LogP contribution in [-0.4, -0.2) is 45.2 Å². The number of para-hydroxylation sites is 2. The Labute approximate surface area is 152 Å². The van der Waals surface area contributed by atoms with Crippen molar-refractivity contribution >= 4 is 16.9 Å². The predicted octanol–water partition coefficient (Wildman–Crippen LogP) is 3.26. The molecule has 26 heavy (non-hydrogen) atoms. The molecule has 5 nitrogen and oxygen atoms in total. The van der Waals surface area contributed by atoms with Crippen molar-refractivity contribution in [2.24, 2.45) is 5.41 Å². The van der Waals surface area contributed by atoms with Crippen molar-refractivity contribution < 1.29 is 9.90 Å². The van der Waals surface area contributed by atoms with Crippen molar-refractivity contribution in [2.75, 3.05) is 19.7 Å². The molecule has 134 valence electrons. The summed E-state index contributed by atoms with van der Waals surface area (Å²) < 4.78 is 2.02. The van der Waals surface area contributed by atoms with E-state index < -0.39 is 0 Å². The summed E-state index contributed by atoms with van der Waals surface area (Å²) in [7, 11) is 0. The maximum atomic E-state index is 12.8. The largest absolute Gasteiger partial charge is 0.396 e. The van der Waals surface area contributed by atoms with E-state index in [1.165, 1.54) is 0 Å². The highest BCUT2D eigenvalue weighted by molar-refractivity contribution is 5.94. The summed E-state index contributed by atoms with van der Waals surface area (Å²) in [5.74, 6) is 0.0337. The van der Waals surface area contributed by atoms with E-state index in [0.717, 1.165) is 36.1 Å². The number of likely N-dealkylation sites (tertiary alicyclic amines) is 1. The Bertz CT molecular complexity index is 932. The van der Waals surface area contributed by atoms with E-state index in [9.17, 15) is 9.90 Å². The van der Waals surface area contributed by atoms with Gasteiger partial charge in [-0.15, -0.1) is 0 Å². The minimum atomic E-state index is -0.191. The number of hydrogen-bond acceptors (Lipinski definition) is 3. The van der Waals surface area contributed by atoms with E-state index in [1.807, 2.05) is 64.9 Å². The first kappa shape index (κ1) is 16.8. The lowest BCUT2D eigenvalue weighted by atomic mass is 9.82. The first-order valence-corrected chi connectivity index (χ1v) is 9.02. The van der Waals surface area contributed by atoms with Gasteiger partial charge in [-0.2, -0.15) is 0 Å². The fourth-order valence-corrected chi connectivity index (χ4v) is 3.73.